The highest BCUT2D eigenvalue weighted by Crippen LogP contribution is 2.37. The number of benzene rings is 3. The van der Waals surface area contributed by atoms with Gasteiger partial charge in [-0.15, -0.1) is 0 Å². The molecule has 0 atom stereocenters. The number of anilines is 6. The van der Waals surface area contributed by atoms with Gasteiger partial charge in [0.15, 0.2) is 31.3 Å². The molecule has 2 aromatic heterocycles. The summed E-state index contributed by atoms with van der Waals surface area (Å²) in [6.45, 7) is 12.8. The van der Waals surface area contributed by atoms with Gasteiger partial charge in [0.2, 0.25) is 11.2 Å². The summed E-state index contributed by atoms with van der Waals surface area (Å²) in [5.41, 5.74) is 2.64. The van der Waals surface area contributed by atoms with Gasteiger partial charge in [-0.2, -0.15) is 9.97 Å². The van der Waals surface area contributed by atoms with E-state index in [1.807, 2.05) is 32.9 Å². The number of hydrogen-bond donors (Lipinski definition) is 3. The van der Waals surface area contributed by atoms with Gasteiger partial charge >= 0.3 is 6.09 Å². The number of rotatable bonds is 11. The Balaban J connectivity index is 0.000000274. The number of fused-ring (bicyclic) bond motifs is 1. The first kappa shape index (κ1) is 46.1. The fraction of sp³-hybridized carbons (Fsp3) is 0.325. The summed E-state index contributed by atoms with van der Waals surface area (Å²) in [7, 11) is -5.43. The molecule has 0 radical (unpaired) electrons. The summed E-state index contributed by atoms with van der Waals surface area (Å²) in [6, 6.07) is 16.9. The fourth-order valence-corrected chi connectivity index (χ4v) is 8.43. The van der Waals surface area contributed by atoms with Gasteiger partial charge in [0.25, 0.3) is 0 Å². The van der Waals surface area contributed by atoms with E-state index in [0.29, 0.717) is 35.9 Å². The molecule has 1 amide bonds. The number of nitrogens with zero attached hydrogens (tertiary/aromatic N) is 5. The van der Waals surface area contributed by atoms with Crippen LogP contribution < -0.4 is 20.7 Å². The van der Waals surface area contributed by atoms with Crippen molar-refractivity contribution in [3.8, 4) is 5.75 Å². The number of methoxy groups -OCH3 is 1. The van der Waals surface area contributed by atoms with E-state index in [1.165, 1.54) is 18.5 Å². The summed E-state index contributed by atoms with van der Waals surface area (Å²) < 4.78 is 61.6. The van der Waals surface area contributed by atoms with Crippen molar-refractivity contribution >= 4 is 95.2 Å². The molecular formula is C40H45Cl3N8O7S2. The Morgan fingerprint density at radius 2 is 1.20 bits per heavy atom. The maximum Gasteiger partial charge on any atom is 0.410 e. The van der Waals surface area contributed by atoms with Crippen LogP contribution in [0.2, 0.25) is 15.3 Å². The molecule has 0 unspecified atom stereocenters. The van der Waals surface area contributed by atoms with Crippen molar-refractivity contribution in [1.82, 2.24) is 24.8 Å². The Bertz CT molecular complexity index is 2610. The third-order valence-electron chi connectivity index (χ3n) is 8.74. The van der Waals surface area contributed by atoms with Crippen LogP contribution in [0.15, 0.2) is 82.8 Å². The standard InChI is InChI=1S/C27H32ClN5O5S.C13H13Cl2N3O2S/c1-16(2)39(35,36)23-10-8-7-9-20(23)30-24-19(28)13-29-25(32-24)31-21-11-17-14-33(26(34)38-27(3,4)5)15-18(17)12-22(21)37-6;1-8(2)21(19,20)11-6-4-3-5-10(11)17-12-9(14)7-16-13(15)18-12/h7-13,16H,14-15H2,1-6H3,(H2,29,30,31,32);3-8H,1-2H3,(H,16,17,18). The molecule has 0 saturated heterocycles. The molecule has 6 rings (SSSR count). The third-order valence-corrected chi connectivity index (χ3v) is 13.9. The van der Waals surface area contributed by atoms with E-state index in [-0.39, 0.29) is 48.8 Å². The predicted molar refractivity (Wildman–Crippen MR) is 235 cm³/mol. The van der Waals surface area contributed by atoms with Crippen molar-refractivity contribution in [3.05, 3.63) is 99.5 Å². The largest absolute Gasteiger partial charge is 0.495 e. The fourth-order valence-electron chi connectivity index (χ4n) is 5.62. The number of halogens is 3. The minimum absolute atomic E-state index is 0.0195. The van der Waals surface area contributed by atoms with Gasteiger partial charge in [-0.25, -0.2) is 31.6 Å². The van der Waals surface area contributed by atoms with E-state index in [4.69, 9.17) is 44.3 Å². The van der Waals surface area contributed by atoms with Gasteiger partial charge < -0.3 is 25.4 Å². The lowest BCUT2D eigenvalue weighted by molar-refractivity contribution is 0.0241. The monoisotopic (exact) mass is 918 g/mol. The third kappa shape index (κ3) is 11.1. The van der Waals surface area contributed by atoms with Crippen molar-refractivity contribution in [3.63, 3.8) is 0 Å². The van der Waals surface area contributed by atoms with Crippen molar-refractivity contribution in [2.24, 2.45) is 0 Å². The van der Waals surface area contributed by atoms with Gasteiger partial charge in [0.05, 0.1) is 56.9 Å². The highest BCUT2D eigenvalue weighted by molar-refractivity contribution is 7.92. The first-order valence-electron chi connectivity index (χ1n) is 18.5. The number of nitrogens with one attached hydrogen (secondary N) is 3. The number of ether oxygens (including phenoxy) is 2. The summed E-state index contributed by atoms with van der Waals surface area (Å²) in [5, 5.41) is 8.44. The van der Waals surface area contributed by atoms with Crippen LogP contribution in [-0.2, 0) is 37.5 Å². The van der Waals surface area contributed by atoms with E-state index >= 15 is 0 Å². The molecule has 20 heteroatoms. The van der Waals surface area contributed by atoms with Gasteiger partial charge in [0.1, 0.15) is 21.4 Å². The van der Waals surface area contributed by atoms with Crippen molar-refractivity contribution in [2.45, 2.75) is 87.4 Å². The molecule has 60 heavy (non-hydrogen) atoms. The van der Waals surface area contributed by atoms with E-state index in [0.717, 1.165) is 11.1 Å². The van der Waals surface area contributed by atoms with Crippen LogP contribution in [0, 0.1) is 0 Å². The zero-order valence-electron chi connectivity index (χ0n) is 34.0. The maximum absolute atomic E-state index is 12.9. The number of hydrogen-bond acceptors (Lipinski definition) is 14. The van der Waals surface area contributed by atoms with Crippen LogP contribution in [-0.4, -0.2) is 71.0 Å². The predicted octanol–water partition coefficient (Wildman–Crippen LogP) is 9.77. The molecule has 1 aliphatic rings. The normalized spacial score (nSPS) is 12.7. The molecule has 5 aromatic rings. The first-order chi connectivity index (χ1) is 28.1. The van der Waals surface area contributed by atoms with E-state index in [2.05, 4.69) is 35.9 Å². The molecule has 0 fully saturated rings. The highest BCUT2D eigenvalue weighted by atomic mass is 35.5. The summed E-state index contributed by atoms with van der Waals surface area (Å²) >= 11 is 18.1. The lowest BCUT2D eigenvalue weighted by atomic mass is 10.1. The zero-order valence-corrected chi connectivity index (χ0v) is 37.9. The minimum Gasteiger partial charge on any atom is -0.495 e. The number of amides is 1. The van der Waals surface area contributed by atoms with Crippen molar-refractivity contribution < 1.29 is 31.1 Å². The molecule has 3 heterocycles. The molecule has 3 aromatic carbocycles. The molecule has 0 aliphatic carbocycles. The molecule has 320 valence electrons. The second-order valence-electron chi connectivity index (χ2n) is 14.9. The number of para-hydroxylation sites is 2. The number of carbonyl (C=O) groups excluding carboxylic acids is 1. The molecule has 15 nitrogen and oxygen atoms in total. The molecule has 3 N–H and O–H groups in total. The topological polar surface area (TPSA) is 195 Å². The Morgan fingerprint density at radius 3 is 1.70 bits per heavy atom. The van der Waals surface area contributed by atoms with Crippen LogP contribution in [0.3, 0.4) is 0 Å². The van der Waals surface area contributed by atoms with E-state index in [9.17, 15) is 21.6 Å². The Labute approximate surface area is 365 Å². The van der Waals surface area contributed by atoms with Crippen LogP contribution in [0.4, 0.5) is 39.4 Å². The minimum atomic E-state index is -3.55. The number of aromatic nitrogens is 4. The SMILES string of the molecule is CC(C)S(=O)(=O)c1ccccc1Nc1nc(Cl)ncc1Cl.COc1cc2c(cc1Nc1ncc(Cl)c(Nc3ccccc3S(=O)(=O)C(C)C)n1)CN(C(=O)OC(C)(C)C)C2. The van der Waals surface area contributed by atoms with Crippen molar-refractivity contribution in [2.75, 3.05) is 23.1 Å². The molecule has 0 spiro atoms. The Morgan fingerprint density at radius 1 is 0.717 bits per heavy atom. The lowest BCUT2D eigenvalue weighted by Gasteiger charge is -2.24. The smallest absolute Gasteiger partial charge is 0.410 e. The van der Waals surface area contributed by atoms with Crippen LogP contribution >= 0.6 is 34.8 Å². The average molecular weight is 920 g/mol. The second-order valence-corrected chi connectivity index (χ2v) is 21.0. The quantitative estimate of drug-likeness (QED) is 0.106. The number of sulfone groups is 2. The average Bonchev–Trinajstić information content (AvgIpc) is 3.60. The van der Waals surface area contributed by atoms with E-state index < -0.39 is 35.8 Å². The maximum atomic E-state index is 12.9. The Hall–Kier alpha value is -4.94. The van der Waals surface area contributed by atoms with Crippen LogP contribution in [0.1, 0.15) is 59.6 Å². The molecule has 0 saturated carbocycles. The lowest BCUT2D eigenvalue weighted by Crippen LogP contribution is -2.33. The van der Waals surface area contributed by atoms with Gasteiger partial charge in [0, 0.05) is 13.1 Å². The zero-order chi connectivity index (χ0) is 44.2. The number of carbonyl (C=O) groups is 1. The van der Waals surface area contributed by atoms with Crippen LogP contribution in [0.5, 0.6) is 5.75 Å². The van der Waals surface area contributed by atoms with E-state index in [1.54, 1.807) is 82.2 Å². The van der Waals surface area contributed by atoms with Gasteiger partial charge in [-0.05, 0) is 108 Å². The Kier molecular flexibility index (Phi) is 14.4. The van der Waals surface area contributed by atoms with Gasteiger partial charge in [-0.3, -0.25) is 4.90 Å². The molecule has 0 bridgehead atoms. The van der Waals surface area contributed by atoms with Crippen molar-refractivity contribution in [1.29, 1.82) is 0 Å². The summed E-state index contributed by atoms with van der Waals surface area (Å²) in [4.78, 5) is 31.0. The summed E-state index contributed by atoms with van der Waals surface area (Å²) in [5.74, 6) is 1.24. The first-order valence-corrected chi connectivity index (χ1v) is 22.7. The molecular weight excluding hydrogens is 875 g/mol. The second kappa shape index (κ2) is 18.8. The van der Waals surface area contributed by atoms with Crippen LogP contribution in [0.25, 0.3) is 0 Å². The summed E-state index contributed by atoms with van der Waals surface area (Å²) in [6.07, 6.45) is 2.38. The molecule has 1 aliphatic heterocycles. The highest BCUT2D eigenvalue weighted by Gasteiger charge is 2.30. The van der Waals surface area contributed by atoms with Gasteiger partial charge in [-0.1, -0.05) is 47.5 Å².